The summed E-state index contributed by atoms with van der Waals surface area (Å²) in [4.78, 5) is 18.7. The topological polar surface area (TPSA) is 77.0 Å². The highest BCUT2D eigenvalue weighted by atomic mass is 127. The van der Waals surface area contributed by atoms with Gasteiger partial charge in [0.05, 0.1) is 13.2 Å². The number of benzene rings is 1. The summed E-state index contributed by atoms with van der Waals surface area (Å²) in [6.07, 6.45) is 0.927. The van der Waals surface area contributed by atoms with Crippen LogP contribution in [0.2, 0.25) is 0 Å². The summed E-state index contributed by atoms with van der Waals surface area (Å²) in [6.45, 7) is 8.71. The van der Waals surface area contributed by atoms with Gasteiger partial charge in [0.2, 0.25) is 5.91 Å². The maximum Gasteiger partial charge on any atom is 0.225 e. The van der Waals surface area contributed by atoms with E-state index in [4.69, 9.17) is 0 Å². The molecule has 0 aromatic heterocycles. The molecule has 7 heteroatoms. The highest BCUT2D eigenvalue weighted by Gasteiger charge is 2.27. The number of likely N-dealkylation sites (tertiary alicyclic amines) is 1. The average Bonchev–Trinajstić information content (AvgIpc) is 3.07. The number of hydrogen-bond donors (Lipinski definition) is 3. The van der Waals surface area contributed by atoms with E-state index in [0.29, 0.717) is 13.1 Å². The summed E-state index contributed by atoms with van der Waals surface area (Å²) in [5.74, 6) is 0.998. The predicted octanol–water partition coefficient (Wildman–Crippen LogP) is 2.11. The molecule has 0 radical (unpaired) electrons. The zero-order valence-electron chi connectivity index (χ0n) is 15.9. The standard InChI is InChI=1S/C19H30N4O2.HI/c1-4-20-19(21-11-15-7-5-6-8-16(15)13-24)22-17-9-10-23(12-17)18(25)14(2)3;/h5-8,14,17,24H,4,9-13H2,1-3H3,(H2,20,21,22);1H. The molecule has 146 valence electrons. The first-order valence-corrected chi connectivity index (χ1v) is 9.06. The van der Waals surface area contributed by atoms with Crippen molar-refractivity contribution in [2.75, 3.05) is 19.6 Å². The highest BCUT2D eigenvalue weighted by Crippen LogP contribution is 2.13. The van der Waals surface area contributed by atoms with E-state index in [1.54, 1.807) is 0 Å². The van der Waals surface area contributed by atoms with Crippen LogP contribution in [0.1, 0.15) is 38.3 Å². The lowest BCUT2D eigenvalue weighted by Gasteiger charge is -2.20. The van der Waals surface area contributed by atoms with Crippen molar-refractivity contribution in [3.05, 3.63) is 35.4 Å². The van der Waals surface area contributed by atoms with Crippen molar-refractivity contribution in [3.8, 4) is 0 Å². The monoisotopic (exact) mass is 474 g/mol. The predicted molar refractivity (Wildman–Crippen MR) is 116 cm³/mol. The lowest BCUT2D eigenvalue weighted by molar-refractivity contribution is -0.133. The first-order valence-electron chi connectivity index (χ1n) is 9.06. The number of aliphatic imine (C=N–C) groups is 1. The number of nitrogens with one attached hydrogen (secondary N) is 2. The molecule has 1 saturated heterocycles. The smallest absolute Gasteiger partial charge is 0.225 e. The molecule has 1 aromatic carbocycles. The van der Waals surface area contributed by atoms with Crippen LogP contribution in [-0.4, -0.2) is 47.5 Å². The molecular weight excluding hydrogens is 443 g/mol. The number of amides is 1. The molecule has 1 heterocycles. The minimum Gasteiger partial charge on any atom is -0.392 e. The number of aliphatic hydroxyl groups excluding tert-OH is 1. The van der Waals surface area contributed by atoms with Gasteiger partial charge in [-0.3, -0.25) is 4.79 Å². The summed E-state index contributed by atoms with van der Waals surface area (Å²) in [6, 6.07) is 7.99. The Morgan fingerprint density at radius 1 is 1.35 bits per heavy atom. The first kappa shape index (κ1) is 22.7. The van der Waals surface area contributed by atoms with E-state index in [-0.39, 0.29) is 48.5 Å². The Morgan fingerprint density at radius 3 is 2.65 bits per heavy atom. The van der Waals surface area contributed by atoms with Crippen LogP contribution in [0.25, 0.3) is 0 Å². The largest absolute Gasteiger partial charge is 0.392 e. The fourth-order valence-electron chi connectivity index (χ4n) is 2.99. The van der Waals surface area contributed by atoms with Crippen molar-refractivity contribution < 1.29 is 9.90 Å². The zero-order chi connectivity index (χ0) is 18.2. The SMILES string of the molecule is CCNC(=NCc1ccccc1CO)NC1CCN(C(=O)C(C)C)C1.I. The van der Waals surface area contributed by atoms with Crippen LogP contribution < -0.4 is 10.6 Å². The van der Waals surface area contributed by atoms with Crippen LogP contribution in [0.15, 0.2) is 29.3 Å². The van der Waals surface area contributed by atoms with Gasteiger partial charge >= 0.3 is 0 Å². The number of rotatable bonds is 6. The van der Waals surface area contributed by atoms with Gasteiger partial charge in [0, 0.05) is 31.6 Å². The molecule has 0 bridgehead atoms. The van der Waals surface area contributed by atoms with Crippen molar-refractivity contribution in [1.82, 2.24) is 15.5 Å². The van der Waals surface area contributed by atoms with Gasteiger partial charge in [-0.15, -0.1) is 24.0 Å². The van der Waals surface area contributed by atoms with E-state index < -0.39 is 0 Å². The van der Waals surface area contributed by atoms with Gasteiger partial charge in [-0.1, -0.05) is 38.1 Å². The van der Waals surface area contributed by atoms with Crippen LogP contribution >= 0.6 is 24.0 Å². The van der Waals surface area contributed by atoms with E-state index in [9.17, 15) is 9.90 Å². The fraction of sp³-hybridized carbons (Fsp3) is 0.579. The Hall–Kier alpha value is -1.35. The third-order valence-corrected chi connectivity index (χ3v) is 4.38. The van der Waals surface area contributed by atoms with Gasteiger partial charge in [-0.05, 0) is 24.5 Å². The van der Waals surface area contributed by atoms with Crippen LogP contribution in [0.3, 0.4) is 0 Å². The van der Waals surface area contributed by atoms with E-state index in [0.717, 1.165) is 36.6 Å². The summed E-state index contributed by atoms with van der Waals surface area (Å²) in [5.41, 5.74) is 1.92. The van der Waals surface area contributed by atoms with E-state index >= 15 is 0 Å². The number of carbonyl (C=O) groups excluding carboxylic acids is 1. The molecule has 26 heavy (non-hydrogen) atoms. The van der Waals surface area contributed by atoms with Crippen LogP contribution in [0, 0.1) is 5.92 Å². The highest BCUT2D eigenvalue weighted by molar-refractivity contribution is 14.0. The molecule has 6 nitrogen and oxygen atoms in total. The van der Waals surface area contributed by atoms with Crippen LogP contribution in [-0.2, 0) is 17.9 Å². The minimum atomic E-state index is 0. The van der Waals surface area contributed by atoms with E-state index in [1.165, 1.54) is 0 Å². The lowest BCUT2D eigenvalue weighted by Crippen LogP contribution is -2.45. The van der Waals surface area contributed by atoms with Gasteiger partial charge in [0.25, 0.3) is 0 Å². The number of carbonyl (C=O) groups is 1. The molecule has 1 fully saturated rings. The first-order chi connectivity index (χ1) is 12.0. The minimum absolute atomic E-state index is 0. The van der Waals surface area contributed by atoms with Gasteiger partial charge in [-0.25, -0.2) is 4.99 Å². The Bertz CT molecular complexity index is 607. The Labute approximate surface area is 173 Å². The molecular formula is C19H31IN4O2. The third-order valence-electron chi connectivity index (χ3n) is 4.38. The molecule has 1 aliphatic heterocycles. The number of hydrogen-bond acceptors (Lipinski definition) is 3. The number of halogens is 1. The number of guanidine groups is 1. The average molecular weight is 474 g/mol. The lowest BCUT2D eigenvalue weighted by atomic mass is 10.1. The van der Waals surface area contributed by atoms with Crippen LogP contribution in [0.4, 0.5) is 0 Å². The third kappa shape index (κ3) is 6.42. The van der Waals surface area contributed by atoms with E-state index in [1.807, 2.05) is 49.9 Å². The molecule has 3 N–H and O–H groups in total. The fourth-order valence-corrected chi connectivity index (χ4v) is 2.99. The molecule has 0 saturated carbocycles. The summed E-state index contributed by atoms with van der Waals surface area (Å²) in [7, 11) is 0. The van der Waals surface area contributed by atoms with Crippen molar-refractivity contribution in [2.45, 2.75) is 46.4 Å². The molecule has 1 amide bonds. The normalized spacial score (nSPS) is 17.2. The second-order valence-electron chi connectivity index (χ2n) is 6.69. The van der Waals surface area contributed by atoms with Crippen molar-refractivity contribution in [1.29, 1.82) is 0 Å². The molecule has 1 aliphatic rings. The van der Waals surface area contributed by atoms with E-state index in [2.05, 4.69) is 15.6 Å². The quantitative estimate of drug-likeness (QED) is 0.336. The summed E-state index contributed by atoms with van der Waals surface area (Å²) < 4.78 is 0. The van der Waals surface area contributed by atoms with Gasteiger partial charge < -0.3 is 20.6 Å². The Balaban J connectivity index is 0.00000338. The maximum absolute atomic E-state index is 12.1. The van der Waals surface area contributed by atoms with Gasteiger partial charge in [0.1, 0.15) is 0 Å². The van der Waals surface area contributed by atoms with Crippen molar-refractivity contribution in [3.63, 3.8) is 0 Å². The Morgan fingerprint density at radius 2 is 2.04 bits per heavy atom. The maximum atomic E-state index is 12.1. The van der Waals surface area contributed by atoms with Crippen molar-refractivity contribution >= 4 is 35.8 Å². The summed E-state index contributed by atoms with van der Waals surface area (Å²) >= 11 is 0. The van der Waals surface area contributed by atoms with Crippen LogP contribution in [0.5, 0.6) is 0 Å². The number of aliphatic hydroxyl groups is 1. The second kappa shape index (κ2) is 11.4. The van der Waals surface area contributed by atoms with Gasteiger partial charge in [-0.2, -0.15) is 0 Å². The molecule has 0 spiro atoms. The zero-order valence-corrected chi connectivity index (χ0v) is 18.2. The number of nitrogens with zero attached hydrogens (tertiary/aromatic N) is 2. The van der Waals surface area contributed by atoms with Crippen molar-refractivity contribution in [2.24, 2.45) is 10.9 Å². The molecule has 2 rings (SSSR count). The van der Waals surface area contributed by atoms with Gasteiger partial charge in [0.15, 0.2) is 5.96 Å². The molecule has 1 aromatic rings. The Kier molecular flexibility index (Phi) is 9.93. The summed E-state index contributed by atoms with van der Waals surface area (Å²) in [5, 5.41) is 16.1. The molecule has 0 aliphatic carbocycles. The second-order valence-corrected chi connectivity index (χ2v) is 6.69. The molecule has 1 unspecified atom stereocenters. The molecule has 1 atom stereocenters.